The zero-order valence-corrected chi connectivity index (χ0v) is 12.0. The summed E-state index contributed by atoms with van der Waals surface area (Å²) in [5.41, 5.74) is 0. The van der Waals surface area contributed by atoms with Gasteiger partial charge in [0.25, 0.3) is 0 Å². The lowest BCUT2D eigenvalue weighted by molar-refractivity contribution is 0.247. The molecule has 0 aliphatic carbocycles. The Balaban J connectivity index is 1.53. The topological polar surface area (TPSA) is 53.2 Å². The highest BCUT2D eigenvalue weighted by molar-refractivity contribution is 8.00. The Kier molecular flexibility index (Phi) is 5.63. The monoisotopic (exact) mass is 271 g/mol. The smallest absolute Gasteiger partial charge is 0.315 e. The number of hydrogen-bond donors (Lipinski definition) is 3. The summed E-state index contributed by atoms with van der Waals surface area (Å²) in [5.74, 6) is 1.07. The molecular formula is C13H25N3OS. The van der Waals surface area contributed by atoms with Gasteiger partial charge in [-0.15, -0.1) is 0 Å². The van der Waals surface area contributed by atoms with Gasteiger partial charge in [-0.2, -0.15) is 11.8 Å². The average molecular weight is 271 g/mol. The molecule has 2 amide bonds. The van der Waals surface area contributed by atoms with Gasteiger partial charge in [0.15, 0.2) is 0 Å². The zero-order valence-electron chi connectivity index (χ0n) is 11.2. The van der Waals surface area contributed by atoms with Crippen molar-refractivity contribution in [2.45, 2.75) is 56.4 Å². The highest BCUT2D eigenvalue weighted by atomic mass is 32.2. The molecule has 3 N–H and O–H groups in total. The summed E-state index contributed by atoms with van der Waals surface area (Å²) in [6, 6.07) is 0.766. The van der Waals surface area contributed by atoms with Crippen molar-refractivity contribution in [3.05, 3.63) is 0 Å². The molecule has 3 unspecified atom stereocenters. The second-order valence-corrected chi connectivity index (χ2v) is 6.49. The van der Waals surface area contributed by atoms with Gasteiger partial charge in [0.2, 0.25) is 0 Å². The molecule has 3 atom stereocenters. The number of unbranched alkanes of at least 4 members (excludes halogenated alkanes) is 2. The van der Waals surface area contributed by atoms with E-state index in [0.29, 0.717) is 17.3 Å². The van der Waals surface area contributed by atoms with Crippen molar-refractivity contribution in [1.29, 1.82) is 0 Å². The van der Waals surface area contributed by atoms with Crippen LogP contribution < -0.4 is 16.0 Å². The maximum Gasteiger partial charge on any atom is 0.315 e. The lowest BCUT2D eigenvalue weighted by Crippen LogP contribution is -2.36. The molecule has 0 radical (unpaired) electrons. The number of carbonyl (C=O) groups is 1. The van der Waals surface area contributed by atoms with E-state index in [1.165, 1.54) is 32.1 Å². The van der Waals surface area contributed by atoms with Gasteiger partial charge in [0.05, 0.1) is 12.1 Å². The van der Waals surface area contributed by atoms with Crippen molar-refractivity contribution in [2.24, 2.45) is 0 Å². The molecule has 2 rings (SSSR count). The second kappa shape index (κ2) is 7.24. The number of fused-ring (bicyclic) bond motifs is 1. The van der Waals surface area contributed by atoms with Crippen LogP contribution in [0.15, 0.2) is 0 Å². The molecule has 2 heterocycles. The van der Waals surface area contributed by atoms with E-state index in [0.717, 1.165) is 18.8 Å². The summed E-state index contributed by atoms with van der Waals surface area (Å²) >= 11 is 2.01. The molecule has 0 aromatic rings. The standard InChI is InChI=1S/C13H25N3OS/c1-2-3-7-14-8-5-4-6-11-12-10(9-18-11)15-13(17)16-12/h10-12,14H,2-9H2,1H3,(H2,15,16,17). The second-order valence-electron chi connectivity index (χ2n) is 5.22. The molecule has 4 nitrogen and oxygen atoms in total. The Morgan fingerprint density at radius 2 is 2.11 bits per heavy atom. The lowest BCUT2D eigenvalue weighted by atomic mass is 10.0. The fourth-order valence-electron chi connectivity index (χ4n) is 2.67. The summed E-state index contributed by atoms with van der Waals surface area (Å²) < 4.78 is 0. The molecule has 104 valence electrons. The molecule has 0 aromatic heterocycles. The number of rotatable bonds is 8. The molecule has 5 heteroatoms. The van der Waals surface area contributed by atoms with Crippen LogP contribution in [0.2, 0.25) is 0 Å². The van der Waals surface area contributed by atoms with Crippen molar-refractivity contribution in [3.63, 3.8) is 0 Å². The molecule has 0 spiro atoms. The minimum absolute atomic E-state index is 0.0246. The van der Waals surface area contributed by atoms with Gasteiger partial charge in [-0.25, -0.2) is 4.79 Å². The third-order valence-electron chi connectivity index (χ3n) is 3.74. The van der Waals surface area contributed by atoms with Crippen LogP contribution in [0.4, 0.5) is 4.79 Å². The number of carbonyl (C=O) groups excluding carboxylic acids is 1. The van der Waals surface area contributed by atoms with Crippen LogP contribution in [0, 0.1) is 0 Å². The third-order valence-corrected chi connectivity index (χ3v) is 5.25. The van der Waals surface area contributed by atoms with Gasteiger partial charge in [0.1, 0.15) is 0 Å². The average Bonchev–Trinajstić information content (AvgIpc) is 2.88. The van der Waals surface area contributed by atoms with E-state index in [9.17, 15) is 4.79 Å². The van der Waals surface area contributed by atoms with E-state index in [1.807, 2.05) is 11.8 Å². The number of hydrogen-bond acceptors (Lipinski definition) is 3. The third kappa shape index (κ3) is 3.79. The Hall–Kier alpha value is -0.420. The van der Waals surface area contributed by atoms with Crippen LogP contribution in [0.3, 0.4) is 0 Å². The molecule has 2 aliphatic rings. The quantitative estimate of drug-likeness (QED) is 0.465. The van der Waals surface area contributed by atoms with Gasteiger partial charge >= 0.3 is 6.03 Å². The van der Waals surface area contributed by atoms with Crippen molar-refractivity contribution in [3.8, 4) is 0 Å². The Labute approximate surface area is 114 Å². The summed E-state index contributed by atoms with van der Waals surface area (Å²) in [7, 11) is 0. The van der Waals surface area contributed by atoms with Gasteiger partial charge in [-0.05, 0) is 32.4 Å². The highest BCUT2D eigenvalue weighted by Gasteiger charge is 2.42. The van der Waals surface area contributed by atoms with Gasteiger partial charge in [-0.1, -0.05) is 19.8 Å². The number of nitrogens with one attached hydrogen (secondary N) is 3. The van der Waals surface area contributed by atoms with Crippen LogP contribution in [0.25, 0.3) is 0 Å². The van der Waals surface area contributed by atoms with E-state index in [1.54, 1.807) is 0 Å². The first-order chi connectivity index (χ1) is 8.81. The van der Waals surface area contributed by atoms with E-state index in [2.05, 4.69) is 22.9 Å². The van der Waals surface area contributed by atoms with Crippen molar-refractivity contribution >= 4 is 17.8 Å². The molecule has 2 aliphatic heterocycles. The predicted octanol–water partition coefficient (Wildman–Crippen LogP) is 1.71. The van der Waals surface area contributed by atoms with Crippen LogP contribution in [0.1, 0.15) is 39.0 Å². The molecule has 2 saturated heterocycles. The molecule has 0 saturated carbocycles. The first-order valence-electron chi connectivity index (χ1n) is 7.20. The van der Waals surface area contributed by atoms with Crippen LogP contribution in [-0.4, -0.2) is 42.2 Å². The minimum Gasteiger partial charge on any atom is -0.332 e. The summed E-state index contributed by atoms with van der Waals surface area (Å²) in [6.45, 7) is 4.51. The van der Waals surface area contributed by atoms with Crippen LogP contribution in [-0.2, 0) is 0 Å². The summed E-state index contributed by atoms with van der Waals surface area (Å²) in [4.78, 5) is 11.2. The molecule has 18 heavy (non-hydrogen) atoms. The molecule has 2 fully saturated rings. The fourth-order valence-corrected chi connectivity index (χ4v) is 4.21. The predicted molar refractivity (Wildman–Crippen MR) is 77.1 cm³/mol. The van der Waals surface area contributed by atoms with Crippen LogP contribution >= 0.6 is 11.8 Å². The summed E-state index contributed by atoms with van der Waals surface area (Å²) in [6.07, 6.45) is 6.28. The Bertz CT molecular complexity index is 275. The summed E-state index contributed by atoms with van der Waals surface area (Å²) in [5, 5.41) is 10.1. The number of thioether (sulfide) groups is 1. The zero-order chi connectivity index (χ0) is 12.8. The van der Waals surface area contributed by atoms with Crippen LogP contribution in [0.5, 0.6) is 0 Å². The van der Waals surface area contributed by atoms with Gasteiger partial charge < -0.3 is 16.0 Å². The largest absolute Gasteiger partial charge is 0.332 e. The SMILES string of the molecule is CCCCNCCCCC1SCC2NC(=O)NC21. The Morgan fingerprint density at radius 3 is 2.94 bits per heavy atom. The van der Waals surface area contributed by atoms with E-state index in [-0.39, 0.29) is 6.03 Å². The van der Waals surface area contributed by atoms with E-state index < -0.39 is 0 Å². The fraction of sp³-hybridized carbons (Fsp3) is 0.923. The van der Waals surface area contributed by atoms with Gasteiger partial charge in [0, 0.05) is 11.0 Å². The first-order valence-corrected chi connectivity index (χ1v) is 8.25. The maximum atomic E-state index is 11.2. The van der Waals surface area contributed by atoms with Crippen molar-refractivity contribution in [2.75, 3.05) is 18.8 Å². The minimum atomic E-state index is 0.0246. The first kappa shape index (κ1) is 14.0. The van der Waals surface area contributed by atoms with E-state index in [4.69, 9.17) is 0 Å². The van der Waals surface area contributed by atoms with Gasteiger partial charge in [-0.3, -0.25) is 0 Å². The lowest BCUT2D eigenvalue weighted by Gasteiger charge is -2.16. The normalized spacial score (nSPS) is 30.1. The molecule has 0 bridgehead atoms. The van der Waals surface area contributed by atoms with E-state index >= 15 is 0 Å². The van der Waals surface area contributed by atoms with Crippen molar-refractivity contribution in [1.82, 2.24) is 16.0 Å². The van der Waals surface area contributed by atoms with Crippen molar-refractivity contribution < 1.29 is 4.79 Å². The number of urea groups is 1. The number of amides is 2. The molecular weight excluding hydrogens is 246 g/mol. The Morgan fingerprint density at radius 1 is 1.28 bits per heavy atom. The highest BCUT2D eigenvalue weighted by Crippen LogP contribution is 2.32. The maximum absolute atomic E-state index is 11.2. The molecule has 0 aromatic carbocycles.